The maximum atomic E-state index is 5.02. The van der Waals surface area contributed by atoms with Crippen molar-refractivity contribution in [1.29, 1.82) is 0 Å². The molecule has 0 unspecified atom stereocenters. The van der Waals surface area contributed by atoms with Crippen molar-refractivity contribution >= 4 is 9.52 Å². The van der Waals surface area contributed by atoms with E-state index in [2.05, 4.69) is 5.32 Å². The third-order valence-electron chi connectivity index (χ3n) is 0.846. The van der Waals surface area contributed by atoms with Crippen molar-refractivity contribution in [3.8, 4) is 0 Å². The molecule has 1 N–H and O–H groups in total. The van der Waals surface area contributed by atoms with E-state index in [1.54, 1.807) is 0 Å². The Morgan fingerprint density at radius 1 is 1.67 bits per heavy atom. The highest BCUT2D eigenvalue weighted by Gasteiger charge is 1.94. The second-order valence-electron chi connectivity index (χ2n) is 1.41. The molecule has 1 saturated heterocycles. The summed E-state index contributed by atoms with van der Waals surface area (Å²) in [5.74, 6) is 0. The van der Waals surface area contributed by atoms with Crippen LogP contribution in [0.1, 0.15) is 0 Å². The van der Waals surface area contributed by atoms with Crippen molar-refractivity contribution in [2.75, 3.05) is 19.1 Å². The van der Waals surface area contributed by atoms with Gasteiger partial charge in [-0.15, -0.1) is 0 Å². The van der Waals surface area contributed by atoms with Crippen LogP contribution >= 0.6 is 0 Å². The van der Waals surface area contributed by atoms with Crippen molar-refractivity contribution in [3.05, 3.63) is 0 Å². The van der Waals surface area contributed by atoms with Gasteiger partial charge < -0.3 is 4.74 Å². The van der Waals surface area contributed by atoms with Gasteiger partial charge in [-0.25, -0.2) is 0 Å². The molecule has 0 aliphatic carbocycles. The Morgan fingerprint density at radius 3 is 2.83 bits per heavy atom. The van der Waals surface area contributed by atoms with Gasteiger partial charge in [-0.1, -0.05) is 0 Å². The molecule has 2 nitrogen and oxygen atoms in total. The van der Waals surface area contributed by atoms with E-state index in [9.17, 15) is 0 Å². The molecule has 1 aliphatic heterocycles. The molecule has 36 valence electrons. The Morgan fingerprint density at radius 2 is 2.67 bits per heavy atom. The fourth-order valence-corrected chi connectivity index (χ4v) is 1.40. The third kappa shape index (κ3) is 1.08. The van der Waals surface area contributed by atoms with Gasteiger partial charge in [0.05, 0.1) is 16.3 Å². The molecule has 1 fully saturated rings. The highest BCUT2D eigenvalue weighted by molar-refractivity contribution is 6.35. The van der Waals surface area contributed by atoms with Crippen LogP contribution in [0.3, 0.4) is 0 Å². The predicted molar refractivity (Wildman–Crippen MR) is 27.4 cm³/mol. The van der Waals surface area contributed by atoms with Gasteiger partial charge in [-0.2, -0.15) is 0 Å². The molecule has 0 radical (unpaired) electrons. The van der Waals surface area contributed by atoms with Crippen LogP contribution in [0.2, 0.25) is 0 Å². The van der Waals surface area contributed by atoms with E-state index >= 15 is 0 Å². The molecule has 0 aromatic heterocycles. The topological polar surface area (TPSA) is 21.3 Å². The SMILES string of the molecule is C1NC[SiH2]CO1. The van der Waals surface area contributed by atoms with Gasteiger partial charge in [0.1, 0.15) is 0 Å². The smallest absolute Gasteiger partial charge is 0.0957 e. The molecule has 0 bridgehead atoms. The number of hydrogen-bond acceptors (Lipinski definition) is 2. The molecule has 0 saturated carbocycles. The zero-order valence-electron chi connectivity index (χ0n) is 3.74. The first-order chi connectivity index (χ1) is 3.00. The first-order valence-corrected chi connectivity index (χ1v) is 4.28. The van der Waals surface area contributed by atoms with Gasteiger partial charge in [-0.05, 0) is 6.17 Å². The van der Waals surface area contributed by atoms with Crippen LogP contribution in [-0.2, 0) is 4.74 Å². The fourth-order valence-electron chi connectivity index (χ4n) is 0.516. The van der Waals surface area contributed by atoms with Crippen molar-refractivity contribution < 1.29 is 4.74 Å². The van der Waals surface area contributed by atoms with E-state index in [4.69, 9.17) is 4.74 Å². The van der Waals surface area contributed by atoms with E-state index in [1.165, 1.54) is 6.17 Å². The van der Waals surface area contributed by atoms with Gasteiger partial charge in [0.15, 0.2) is 0 Å². The summed E-state index contributed by atoms with van der Waals surface area (Å²) >= 11 is 0. The van der Waals surface area contributed by atoms with E-state index in [0.717, 1.165) is 13.0 Å². The monoisotopic (exact) mass is 103 g/mol. The molecule has 0 aromatic carbocycles. The lowest BCUT2D eigenvalue weighted by molar-refractivity contribution is 0.148. The van der Waals surface area contributed by atoms with Crippen LogP contribution in [0, 0.1) is 0 Å². The highest BCUT2D eigenvalue weighted by atomic mass is 28.2. The summed E-state index contributed by atoms with van der Waals surface area (Å²) < 4.78 is 5.02. The molecule has 1 aliphatic rings. The average molecular weight is 103 g/mol. The maximum absolute atomic E-state index is 5.02. The van der Waals surface area contributed by atoms with Gasteiger partial charge in [0, 0.05) is 6.23 Å². The van der Waals surface area contributed by atoms with Gasteiger partial charge >= 0.3 is 0 Å². The summed E-state index contributed by atoms with van der Waals surface area (Å²) in [7, 11) is 0.175. The minimum Gasteiger partial charge on any atom is -0.370 e. The van der Waals surface area contributed by atoms with Gasteiger partial charge in [0.25, 0.3) is 0 Å². The quantitative estimate of drug-likeness (QED) is 0.383. The molecular weight excluding hydrogens is 94.1 g/mol. The van der Waals surface area contributed by atoms with Crippen LogP contribution in [0.4, 0.5) is 0 Å². The number of ether oxygens (including phenoxy) is 1. The van der Waals surface area contributed by atoms with E-state index in [0.29, 0.717) is 0 Å². The molecule has 0 spiro atoms. The zero-order chi connectivity index (χ0) is 4.24. The Labute approximate surface area is 39.7 Å². The van der Waals surface area contributed by atoms with E-state index < -0.39 is 0 Å². The highest BCUT2D eigenvalue weighted by Crippen LogP contribution is 1.73. The minimum absolute atomic E-state index is 0.175. The molecule has 1 heterocycles. The number of nitrogens with one attached hydrogen (secondary N) is 1. The molecule has 3 heteroatoms. The average Bonchev–Trinajstić information content (AvgIpc) is 1.72. The van der Waals surface area contributed by atoms with Gasteiger partial charge in [0.2, 0.25) is 0 Å². The summed E-state index contributed by atoms with van der Waals surface area (Å²) in [6, 6.07) is 0. The lowest BCUT2D eigenvalue weighted by Crippen LogP contribution is -2.32. The first-order valence-electron chi connectivity index (χ1n) is 2.28. The van der Waals surface area contributed by atoms with Crippen molar-refractivity contribution in [1.82, 2.24) is 5.32 Å². The van der Waals surface area contributed by atoms with Crippen LogP contribution in [-0.4, -0.2) is 28.6 Å². The molecule has 1 rings (SSSR count). The Balaban J connectivity index is 2.00. The summed E-state index contributed by atoms with van der Waals surface area (Å²) in [5.41, 5.74) is 0. The summed E-state index contributed by atoms with van der Waals surface area (Å²) in [5, 5.41) is 3.12. The van der Waals surface area contributed by atoms with Crippen LogP contribution < -0.4 is 5.32 Å². The second kappa shape index (κ2) is 2.33. The van der Waals surface area contributed by atoms with Gasteiger partial charge in [-0.3, -0.25) is 5.32 Å². The predicted octanol–water partition coefficient (Wildman–Crippen LogP) is -1.35. The minimum atomic E-state index is 0.175. The zero-order valence-corrected chi connectivity index (χ0v) is 5.15. The van der Waals surface area contributed by atoms with Crippen molar-refractivity contribution in [2.45, 2.75) is 0 Å². The van der Waals surface area contributed by atoms with E-state index in [-0.39, 0.29) is 9.52 Å². The lowest BCUT2D eigenvalue weighted by atomic mass is 11.1. The van der Waals surface area contributed by atoms with Crippen molar-refractivity contribution in [2.24, 2.45) is 0 Å². The Hall–Kier alpha value is 0.137. The summed E-state index contributed by atoms with van der Waals surface area (Å²) in [4.78, 5) is 0. The normalized spacial score (nSPS) is 28.0. The summed E-state index contributed by atoms with van der Waals surface area (Å²) in [6.45, 7) is 0.785. The van der Waals surface area contributed by atoms with Crippen LogP contribution in [0.25, 0.3) is 0 Å². The maximum Gasteiger partial charge on any atom is 0.0957 e. The first kappa shape index (κ1) is 4.30. The van der Waals surface area contributed by atoms with Crippen molar-refractivity contribution in [3.63, 3.8) is 0 Å². The van der Waals surface area contributed by atoms with E-state index in [1.807, 2.05) is 0 Å². The molecular formula is C3H9NOSi. The largest absolute Gasteiger partial charge is 0.370 e. The summed E-state index contributed by atoms with van der Waals surface area (Å²) in [6.07, 6.45) is 2.34. The third-order valence-corrected chi connectivity index (χ3v) is 2.13. The van der Waals surface area contributed by atoms with Crippen LogP contribution in [0.15, 0.2) is 0 Å². The second-order valence-corrected chi connectivity index (χ2v) is 3.02. The standard InChI is InChI=1S/C3H9NOSi/c1-4-2-6-3-5-1/h4H,1-3,6H2. The Kier molecular flexibility index (Phi) is 1.67. The number of rotatable bonds is 0. The fraction of sp³-hybridized carbons (Fsp3) is 1.00. The number of hydrogen-bond donors (Lipinski definition) is 1. The Bertz CT molecular complexity index is 26.3. The molecule has 6 heavy (non-hydrogen) atoms. The molecule has 0 atom stereocenters. The lowest BCUT2D eigenvalue weighted by Gasteiger charge is -2.09. The molecule has 0 amide bonds. The molecule has 0 aromatic rings. The van der Waals surface area contributed by atoms with Crippen LogP contribution in [0.5, 0.6) is 0 Å².